The van der Waals surface area contributed by atoms with Gasteiger partial charge in [-0.25, -0.2) is 0 Å². The second-order valence-electron chi connectivity index (χ2n) is 12.0. The van der Waals surface area contributed by atoms with E-state index in [1.807, 2.05) is 11.1 Å². The number of fused-ring (bicyclic) bond motifs is 4. The van der Waals surface area contributed by atoms with E-state index in [0.717, 1.165) is 18.3 Å². The lowest BCUT2D eigenvalue weighted by molar-refractivity contribution is -0.0961. The van der Waals surface area contributed by atoms with Gasteiger partial charge in [0.05, 0.1) is 6.10 Å². The number of aliphatic hydroxyl groups excluding tert-OH is 1. The zero-order chi connectivity index (χ0) is 19.1. The first kappa shape index (κ1) is 19.0. The van der Waals surface area contributed by atoms with Crippen molar-refractivity contribution < 1.29 is 5.11 Å². The van der Waals surface area contributed by atoms with E-state index in [4.69, 9.17) is 0 Å². The second-order valence-corrected chi connectivity index (χ2v) is 12.0. The molecule has 6 atom stereocenters. The highest BCUT2D eigenvalue weighted by Gasteiger charge is 2.62. The lowest BCUT2D eigenvalue weighted by Crippen LogP contribution is -2.55. The Morgan fingerprint density at radius 1 is 0.846 bits per heavy atom. The van der Waals surface area contributed by atoms with Gasteiger partial charge in [-0.05, 0) is 90.8 Å². The Hall–Kier alpha value is -0.300. The molecule has 0 spiro atoms. The molecule has 4 aliphatic rings. The molecule has 0 amide bonds. The van der Waals surface area contributed by atoms with E-state index in [2.05, 4.69) is 48.5 Å². The highest BCUT2D eigenvalue weighted by Crippen LogP contribution is 2.72. The summed E-state index contributed by atoms with van der Waals surface area (Å²) in [6.45, 7) is 17.4. The van der Waals surface area contributed by atoms with Crippen molar-refractivity contribution in [2.24, 2.45) is 39.4 Å². The summed E-state index contributed by atoms with van der Waals surface area (Å²) >= 11 is 0. The van der Waals surface area contributed by atoms with E-state index < -0.39 is 0 Å². The van der Waals surface area contributed by atoms with Crippen LogP contribution >= 0.6 is 0 Å². The molecule has 4 aliphatic carbocycles. The van der Waals surface area contributed by atoms with Gasteiger partial charge < -0.3 is 5.11 Å². The fraction of sp³-hybridized carbons (Fsp3) is 0.920. The Balaban J connectivity index is 1.80. The maximum absolute atomic E-state index is 10.7. The zero-order valence-electron chi connectivity index (χ0n) is 18.4. The molecular weight excluding hydrogens is 316 g/mol. The number of rotatable bonds is 1. The molecule has 1 heteroatoms. The molecule has 0 aliphatic heterocycles. The summed E-state index contributed by atoms with van der Waals surface area (Å²) in [5.74, 6) is 2.34. The van der Waals surface area contributed by atoms with Crippen LogP contribution in [0.25, 0.3) is 0 Å². The van der Waals surface area contributed by atoms with E-state index in [-0.39, 0.29) is 11.5 Å². The van der Waals surface area contributed by atoms with Crippen molar-refractivity contribution in [3.8, 4) is 0 Å². The molecule has 1 N–H and O–H groups in total. The van der Waals surface area contributed by atoms with Crippen molar-refractivity contribution in [3.05, 3.63) is 11.1 Å². The van der Waals surface area contributed by atoms with Crippen molar-refractivity contribution in [2.45, 2.75) is 106 Å². The van der Waals surface area contributed by atoms with Gasteiger partial charge in [0, 0.05) is 0 Å². The van der Waals surface area contributed by atoms with Gasteiger partial charge in [-0.1, -0.05) is 59.6 Å². The summed E-state index contributed by atoms with van der Waals surface area (Å²) < 4.78 is 0. The molecular formula is C25H42O. The number of hydrogen-bond acceptors (Lipinski definition) is 1. The van der Waals surface area contributed by atoms with E-state index in [9.17, 15) is 5.11 Å². The predicted molar refractivity (Wildman–Crippen MR) is 110 cm³/mol. The molecule has 0 aromatic carbocycles. The van der Waals surface area contributed by atoms with Crippen LogP contribution < -0.4 is 0 Å². The topological polar surface area (TPSA) is 20.2 Å². The first-order chi connectivity index (χ1) is 12.0. The Morgan fingerprint density at radius 2 is 1.54 bits per heavy atom. The molecule has 0 heterocycles. The summed E-state index contributed by atoms with van der Waals surface area (Å²) in [5, 5.41) is 10.7. The average molecular weight is 359 g/mol. The van der Waals surface area contributed by atoms with Crippen LogP contribution in [0.4, 0.5) is 0 Å². The van der Waals surface area contributed by atoms with Crippen LogP contribution in [0, 0.1) is 39.4 Å². The summed E-state index contributed by atoms with van der Waals surface area (Å²) in [7, 11) is 0. The highest BCUT2D eigenvalue weighted by atomic mass is 16.3. The van der Waals surface area contributed by atoms with Gasteiger partial charge >= 0.3 is 0 Å². The highest BCUT2D eigenvalue weighted by molar-refractivity contribution is 5.38. The van der Waals surface area contributed by atoms with Crippen LogP contribution in [0.15, 0.2) is 11.1 Å². The molecule has 2 fully saturated rings. The van der Waals surface area contributed by atoms with E-state index in [0.29, 0.717) is 22.2 Å². The molecule has 0 saturated heterocycles. The standard InChI is InChI=1S/C25H42O/c1-16(2)17-10-14-25(7)19-8-9-20-22(3,4)21(26)12-13-23(20,5)18(19)11-15-24(17,25)6/h16-17,20-21,26H,8-15H2,1-7H3/t17-,20+,21+,23-,24-,25+/m1/s1. The predicted octanol–water partition coefficient (Wildman–Crippen LogP) is 6.75. The third-order valence-corrected chi connectivity index (χ3v) is 10.6. The summed E-state index contributed by atoms with van der Waals surface area (Å²) in [4.78, 5) is 0. The molecule has 0 aromatic heterocycles. The van der Waals surface area contributed by atoms with Crippen LogP contribution in [0.3, 0.4) is 0 Å². The summed E-state index contributed by atoms with van der Waals surface area (Å²) in [6, 6.07) is 0. The summed E-state index contributed by atoms with van der Waals surface area (Å²) in [6.07, 6.45) is 10.2. The normalized spacial score (nSPS) is 50.4. The van der Waals surface area contributed by atoms with Crippen LogP contribution in [0.2, 0.25) is 0 Å². The minimum atomic E-state index is -0.121. The van der Waals surface area contributed by atoms with Crippen molar-refractivity contribution in [1.82, 2.24) is 0 Å². The Kier molecular flexibility index (Phi) is 4.11. The molecule has 0 aromatic rings. The Bertz CT molecular complexity index is 628. The zero-order valence-corrected chi connectivity index (χ0v) is 18.4. The molecule has 1 nitrogen and oxygen atoms in total. The second kappa shape index (κ2) is 5.62. The first-order valence-corrected chi connectivity index (χ1v) is 11.4. The van der Waals surface area contributed by atoms with Gasteiger partial charge in [-0.2, -0.15) is 0 Å². The molecule has 2 saturated carbocycles. The number of allylic oxidation sites excluding steroid dienone is 2. The monoisotopic (exact) mass is 358 g/mol. The van der Waals surface area contributed by atoms with Crippen molar-refractivity contribution in [1.29, 1.82) is 0 Å². The van der Waals surface area contributed by atoms with Crippen LogP contribution in [-0.4, -0.2) is 11.2 Å². The smallest absolute Gasteiger partial charge is 0.0594 e. The van der Waals surface area contributed by atoms with E-state index in [1.54, 1.807) is 0 Å². The van der Waals surface area contributed by atoms with E-state index in [1.165, 1.54) is 44.9 Å². The minimum absolute atomic E-state index is 0.0589. The van der Waals surface area contributed by atoms with Crippen molar-refractivity contribution >= 4 is 0 Å². The van der Waals surface area contributed by atoms with Crippen molar-refractivity contribution in [3.63, 3.8) is 0 Å². The molecule has 0 radical (unpaired) electrons. The molecule has 26 heavy (non-hydrogen) atoms. The third kappa shape index (κ3) is 2.13. The molecule has 0 unspecified atom stereocenters. The van der Waals surface area contributed by atoms with Gasteiger partial charge in [-0.3, -0.25) is 0 Å². The molecule has 0 bridgehead atoms. The largest absolute Gasteiger partial charge is 0.393 e. The fourth-order valence-corrected chi connectivity index (χ4v) is 8.79. The minimum Gasteiger partial charge on any atom is -0.393 e. The lowest BCUT2D eigenvalue weighted by atomic mass is 9.43. The van der Waals surface area contributed by atoms with Crippen LogP contribution in [0.5, 0.6) is 0 Å². The van der Waals surface area contributed by atoms with Gasteiger partial charge in [-0.15, -0.1) is 0 Å². The third-order valence-electron chi connectivity index (χ3n) is 10.6. The first-order valence-electron chi connectivity index (χ1n) is 11.4. The Morgan fingerprint density at radius 3 is 2.19 bits per heavy atom. The van der Waals surface area contributed by atoms with Gasteiger partial charge in [0.25, 0.3) is 0 Å². The molecule has 4 rings (SSSR count). The number of hydrogen-bond donors (Lipinski definition) is 1. The van der Waals surface area contributed by atoms with Gasteiger partial charge in [0.15, 0.2) is 0 Å². The van der Waals surface area contributed by atoms with Gasteiger partial charge in [0.1, 0.15) is 0 Å². The quantitative estimate of drug-likeness (QED) is 0.514. The Labute approximate surface area is 162 Å². The maximum atomic E-state index is 10.7. The average Bonchev–Trinajstić information content (AvgIpc) is 2.84. The lowest BCUT2D eigenvalue weighted by Gasteiger charge is -2.62. The number of aliphatic hydroxyl groups is 1. The van der Waals surface area contributed by atoms with E-state index >= 15 is 0 Å². The van der Waals surface area contributed by atoms with Crippen LogP contribution in [-0.2, 0) is 0 Å². The van der Waals surface area contributed by atoms with Crippen molar-refractivity contribution in [2.75, 3.05) is 0 Å². The fourth-order valence-electron chi connectivity index (χ4n) is 8.79. The van der Waals surface area contributed by atoms with Gasteiger partial charge in [0.2, 0.25) is 0 Å². The maximum Gasteiger partial charge on any atom is 0.0594 e. The SMILES string of the molecule is CC(C)[C@H]1CC[C@@]2(C)C3=C(CC[C@]12C)[C@@]1(C)CC[C@H](O)C(C)(C)[C@@H]1CC3. The van der Waals surface area contributed by atoms with Crippen LogP contribution in [0.1, 0.15) is 99.8 Å². The molecule has 148 valence electrons. The summed E-state index contributed by atoms with van der Waals surface area (Å²) in [5.41, 5.74) is 5.02.